The van der Waals surface area contributed by atoms with E-state index in [1.807, 2.05) is 29.2 Å². The van der Waals surface area contributed by atoms with E-state index in [-0.39, 0.29) is 9.92 Å². The van der Waals surface area contributed by atoms with Crippen LogP contribution < -0.4 is 10.2 Å². The van der Waals surface area contributed by atoms with Crippen molar-refractivity contribution >= 4 is 50.1 Å². The maximum atomic E-state index is 11.8. The summed E-state index contributed by atoms with van der Waals surface area (Å²) >= 11 is 6.34. The van der Waals surface area contributed by atoms with Crippen molar-refractivity contribution in [3.8, 4) is 0 Å². The van der Waals surface area contributed by atoms with Crippen LogP contribution in [0.1, 0.15) is 24.6 Å². The molecule has 0 amide bonds. The van der Waals surface area contributed by atoms with Gasteiger partial charge in [0.1, 0.15) is 0 Å². The molecule has 9 nitrogen and oxygen atoms in total. The maximum absolute atomic E-state index is 11.8. The monoisotopic (exact) mass is 509 g/mol. The molecule has 1 N–H and O–H groups in total. The van der Waals surface area contributed by atoms with Crippen molar-refractivity contribution < 1.29 is 8.42 Å². The number of halogens is 1. The SMILES string of the molecule is CCc1cnc(N2CC=C(c3cnc4c(Nc5ccc(S(C)(=O)=O)cc5Cl)nccn34)CC2)nc1. The summed E-state index contributed by atoms with van der Waals surface area (Å²) in [6.07, 6.45) is 14.2. The third kappa shape index (κ3) is 4.71. The van der Waals surface area contributed by atoms with Crippen molar-refractivity contribution in [1.82, 2.24) is 24.3 Å². The molecule has 180 valence electrons. The lowest BCUT2D eigenvalue weighted by molar-refractivity contribution is 0.602. The van der Waals surface area contributed by atoms with E-state index in [4.69, 9.17) is 11.6 Å². The third-order valence-electron chi connectivity index (χ3n) is 5.97. The summed E-state index contributed by atoms with van der Waals surface area (Å²) in [7, 11) is -3.35. The summed E-state index contributed by atoms with van der Waals surface area (Å²) < 4.78 is 25.6. The molecule has 4 heterocycles. The predicted octanol–water partition coefficient (Wildman–Crippen LogP) is 4.18. The molecule has 0 radical (unpaired) electrons. The molecule has 0 spiro atoms. The summed E-state index contributed by atoms with van der Waals surface area (Å²) in [5, 5.41) is 3.47. The van der Waals surface area contributed by atoms with Crippen LogP contribution >= 0.6 is 11.6 Å². The zero-order valence-electron chi connectivity index (χ0n) is 19.3. The number of fused-ring (bicyclic) bond motifs is 1. The molecular weight excluding hydrogens is 486 g/mol. The van der Waals surface area contributed by atoms with Crippen LogP contribution in [0.15, 0.2) is 60.2 Å². The van der Waals surface area contributed by atoms with Crippen LogP contribution in [0.25, 0.3) is 11.2 Å². The second-order valence-electron chi connectivity index (χ2n) is 8.32. The summed E-state index contributed by atoms with van der Waals surface area (Å²) in [4.78, 5) is 20.3. The Labute approximate surface area is 208 Å². The van der Waals surface area contributed by atoms with Gasteiger partial charge in [-0.1, -0.05) is 24.6 Å². The number of nitrogens with zero attached hydrogens (tertiary/aromatic N) is 6. The highest BCUT2D eigenvalue weighted by molar-refractivity contribution is 7.90. The van der Waals surface area contributed by atoms with Gasteiger partial charge in [-0.15, -0.1) is 0 Å². The van der Waals surface area contributed by atoms with Crippen LogP contribution in [0.5, 0.6) is 0 Å². The summed E-state index contributed by atoms with van der Waals surface area (Å²) in [5.41, 5.74) is 4.49. The van der Waals surface area contributed by atoms with Gasteiger partial charge in [0.15, 0.2) is 21.3 Å². The molecule has 0 atom stereocenters. The second kappa shape index (κ2) is 9.27. The molecule has 0 aliphatic carbocycles. The fourth-order valence-corrected chi connectivity index (χ4v) is 4.92. The van der Waals surface area contributed by atoms with E-state index in [0.29, 0.717) is 23.7 Å². The molecule has 5 rings (SSSR count). The number of benzene rings is 1. The molecule has 1 aromatic carbocycles. The van der Waals surface area contributed by atoms with E-state index < -0.39 is 9.84 Å². The van der Waals surface area contributed by atoms with Gasteiger partial charge in [-0.25, -0.2) is 28.4 Å². The van der Waals surface area contributed by atoms with Crippen molar-refractivity contribution in [3.63, 3.8) is 0 Å². The molecule has 35 heavy (non-hydrogen) atoms. The van der Waals surface area contributed by atoms with Gasteiger partial charge in [0.25, 0.3) is 0 Å². The standard InChI is InChI=1S/C24H24ClN7O2S/c1-3-16-13-28-24(29-14-16)31-9-6-17(7-10-31)21-15-27-23-22(26-8-11-32(21)23)30-20-5-4-18(12-19(20)25)35(2,33)34/h4-6,8,11-15H,3,7,9-10H2,1-2H3,(H,26,30). The van der Waals surface area contributed by atoms with Crippen molar-refractivity contribution in [2.75, 3.05) is 29.6 Å². The third-order valence-corrected chi connectivity index (χ3v) is 7.39. The molecule has 1 aliphatic rings. The van der Waals surface area contributed by atoms with Crippen molar-refractivity contribution in [1.29, 1.82) is 0 Å². The van der Waals surface area contributed by atoms with Crippen LogP contribution in [-0.4, -0.2) is 52.1 Å². The predicted molar refractivity (Wildman–Crippen MR) is 137 cm³/mol. The smallest absolute Gasteiger partial charge is 0.225 e. The topological polar surface area (TPSA) is 105 Å². The van der Waals surface area contributed by atoms with Gasteiger partial charge in [0, 0.05) is 44.1 Å². The fourth-order valence-electron chi connectivity index (χ4n) is 3.98. The Bertz CT molecular complexity index is 1530. The van der Waals surface area contributed by atoms with E-state index in [9.17, 15) is 8.42 Å². The highest BCUT2D eigenvalue weighted by atomic mass is 35.5. The van der Waals surface area contributed by atoms with Crippen LogP contribution in [0.3, 0.4) is 0 Å². The molecule has 11 heteroatoms. The number of aromatic nitrogens is 5. The zero-order chi connectivity index (χ0) is 24.6. The molecule has 3 aromatic heterocycles. The van der Waals surface area contributed by atoms with E-state index >= 15 is 0 Å². The Morgan fingerprint density at radius 1 is 1.11 bits per heavy atom. The minimum atomic E-state index is -3.35. The molecule has 0 saturated heterocycles. The van der Waals surface area contributed by atoms with E-state index in [1.165, 1.54) is 17.7 Å². The summed E-state index contributed by atoms with van der Waals surface area (Å²) in [5.74, 6) is 1.26. The molecule has 4 aromatic rings. The lowest BCUT2D eigenvalue weighted by Gasteiger charge is -2.26. The highest BCUT2D eigenvalue weighted by Gasteiger charge is 2.19. The molecule has 0 saturated carbocycles. The normalized spacial score (nSPS) is 14.3. The average molecular weight is 510 g/mol. The minimum absolute atomic E-state index is 0.160. The first kappa shape index (κ1) is 23.3. The Kier molecular flexibility index (Phi) is 6.16. The molecule has 0 fully saturated rings. The number of hydrogen-bond donors (Lipinski definition) is 1. The molecule has 0 bridgehead atoms. The number of anilines is 3. The van der Waals surface area contributed by atoms with Crippen LogP contribution in [-0.2, 0) is 16.3 Å². The van der Waals surface area contributed by atoms with Gasteiger partial charge in [0.2, 0.25) is 5.95 Å². The summed E-state index contributed by atoms with van der Waals surface area (Å²) in [6, 6.07) is 4.56. The second-order valence-corrected chi connectivity index (χ2v) is 10.7. The number of nitrogens with one attached hydrogen (secondary N) is 1. The first-order valence-electron chi connectivity index (χ1n) is 11.2. The average Bonchev–Trinajstić information content (AvgIpc) is 3.30. The first-order valence-corrected chi connectivity index (χ1v) is 13.4. The fraction of sp³-hybridized carbons (Fsp3) is 0.250. The van der Waals surface area contributed by atoms with Crippen LogP contribution in [0, 0.1) is 0 Å². The van der Waals surface area contributed by atoms with Gasteiger partial charge >= 0.3 is 0 Å². The van der Waals surface area contributed by atoms with Crippen molar-refractivity contribution in [2.24, 2.45) is 0 Å². The number of sulfone groups is 1. The number of imidazole rings is 1. The van der Waals surface area contributed by atoms with E-state index in [0.717, 1.165) is 42.8 Å². The quantitative estimate of drug-likeness (QED) is 0.412. The first-order chi connectivity index (χ1) is 16.8. The molecule has 0 unspecified atom stereocenters. The Hall–Kier alpha value is -3.50. The van der Waals surface area contributed by atoms with Crippen LogP contribution in [0.2, 0.25) is 5.02 Å². The Balaban J connectivity index is 1.39. The van der Waals surface area contributed by atoms with Crippen molar-refractivity contribution in [3.05, 3.63) is 71.5 Å². The lowest BCUT2D eigenvalue weighted by Crippen LogP contribution is -2.30. The number of hydrogen-bond acceptors (Lipinski definition) is 8. The van der Waals surface area contributed by atoms with Crippen LogP contribution in [0.4, 0.5) is 17.5 Å². The largest absolute Gasteiger partial charge is 0.337 e. The number of aryl methyl sites for hydroxylation is 1. The molecular formula is C24H24ClN7O2S. The van der Waals surface area contributed by atoms with E-state index in [2.05, 4.69) is 43.2 Å². The zero-order valence-corrected chi connectivity index (χ0v) is 20.9. The van der Waals surface area contributed by atoms with Gasteiger partial charge < -0.3 is 10.2 Å². The summed E-state index contributed by atoms with van der Waals surface area (Å²) in [6.45, 7) is 3.61. The minimum Gasteiger partial charge on any atom is -0.337 e. The number of rotatable bonds is 6. The van der Waals surface area contributed by atoms with Gasteiger partial charge in [-0.05, 0) is 42.2 Å². The maximum Gasteiger partial charge on any atom is 0.225 e. The highest BCUT2D eigenvalue weighted by Crippen LogP contribution is 2.30. The van der Waals surface area contributed by atoms with Gasteiger partial charge in [-0.3, -0.25) is 4.40 Å². The van der Waals surface area contributed by atoms with Gasteiger partial charge in [-0.2, -0.15) is 0 Å². The Morgan fingerprint density at radius 3 is 2.57 bits per heavy atom. The van der Waals surface area contributed by atoms with Gasteiger partial charge in [0.05, 0.1) is 27.5 Å². The lowest BCUT2D eigenvalue weighted by atomic mass is 10.1. The van der Waals surface area contributed by atoms with E-state index in [1.54, 1.807) is 12.3 Å². The Morgan fingerprint density at radius 2 is 1.91 bits per heavy atom. The van der Waals surface area contributed by atoms with Crippen molar-refractivity contribution in [2.45, 2.75) is 24.7 Å². The molecule has 1 aliphatic heterocycles.